The Morgan fingerprint density at radius 2 is 2.24 bits per heavy atom. The molecule has 0 aliphatic rings. The lowest BCUT2D eigenvalue weighted by molar-refractivity contribution is 0.194. The van der Waals surface area contributed by atoms with Crippen molar-refractivity contribution in [2.24, 2.45) is 0 Å². The quantitative estimate of drug-likeness (QED) is 0.894. The van der Waals surface area contributed by atoms with Crippen molar-refractivity contribution in [3.8, 4) is 0 Å². The van der Waals surface area contributed by atoms with Gasteiger partial charge in [-0.3, -0.25) is 0 Å². The van der Waals surface area contributed by atoms with Gasteiger partial charge in [0.15, 0.2) is 0 Å². The van der Waals surface area contributed by atoms with Gasteiger partial charge in [0.2, 0.25) is 0 Å². The SMILES string of the molecule is CN(CCO)C(=O)N/C=C/c1ccccc1Br. The van der Waals surface area contributed by atoms with E-state index in [2.05, 4.69) is 21.2 Å². The lowest BCUT2D eigenvalue weighted by Gasteiger charge is -2.14. The van der Waals surface area contributed by atoms with E-state index >= 15 is 0 Å². The number of hydrogen-bond donors (Lipinski definition) is 2. The second-order valence-corrected chi connectivity index (χ2v) is 4.30. The topological polar surface area (TPSA) is 52.6 Å². The monoisotopic (exact) mass is 298 g/mol. The third kappa shape index (κ3) is 4.58. The lowest BCUT2D eigenvalue weighted by atomic mass is 10.2. The predicted molar refractivity (Wildman–Crippen MR) is 71.4 cm³/mol. The van der Waals surface area contributed by atoms with Gasteiger partial charge in [0.25, 0.3) is 0 Å². The van der Waals surface area contributed by atoms with Crippen LogP contribution in [0.25, 0.3) is 6.08 Å². The first-order chi connectivity index (χ1) is 8.15. The Kier molecular flexibility index (Phi) is 5.72. The second-order valence-electron chi connectivity index (χ2n) is 3.45. The fourth-order valence-corrected chi connectivity index (χ4v) is 1.59. The highest BCUT2D eigenvalue weighted by Gasteiger charge is 2.04. The molecule has 1 aromatic rings. The minimum atomic E-state index is -0.248. The van der Waals surface area contributed by atoms with Crippen molar-refractivity contribution in [2.75, 3.05) is 20.2 Å². The van der Waals surface area contributed by atoms with Crippen LogP contribution in [0.5, 0.6) is 0 Å². The maximum atomic E-state index is 11.4. The van der Waals surface area contributed by atoms with Crippen molar-refractivity contribution in [2.45, 2.75) is 0 Å². The average molecular weight is 299 g/mol. The van der Waals surface area contributed by atoms with E-state index in [1.54, 1.807) is 19.3 Å². The summed E-state index contributed by atoms with van der Waals surface area (Å²) >= 11 is 3.41. The molecule has 0 aromatic heterocycles. The van der Waals surface area contributed by atoms with Crippen LogP contribution < -0.4 is 5.32 Å². The van der Waals surface area contributed by atoms with Gasteiger partial charge in [0.1, 0.15) is 0 Å². The summed E-state index contributed by atoms with van der Waals surface area (Å²) in [6.45, 7) is 0.270. The molecule has 1 aromatic carbocycles. The molecule has 0 aliphatic heterocycles. The van der Waals surface area contributed by atoms with E-state index in [0.29, 0.717) is 6.54 Å². The van der Waals surface area contributed by atoms with Crippen molar-refractivity contribution < 1.29 is 9.90 Å². The first-order valence-electron chi connectivity index (χ1n) is 5.18. The number of rotatable bonds is 4. The summed E-state index contributed by atoms with van der Waals surface area (Å²) in [4.78, 5) is 12.9. The van der Waals surface area contributed by atoms with Crippen molar-refractivity contribution in [1.82, 2.24) is 10.2 Å². The van der Waals surface area contributed by atoms with Gasteiger partial charge in [-0.2, -0.15) is 0 Å². The van der Waals surface area contributed by atoms with Crippen molar-refractivity contribution >= 4 is 28.0 Å². The number of nitrogens with one attached hydrogen (secondary N) is 1. The van der Waals surface area contributed by atoms with Crippen LogP contribution in [0.1, 0.15) is 5.56 Å². The molecule has 0 fully saturated rings. The van der Waals surface area contributed by atoms with Crippen molar-refractivity contribution in [3.63, 3.8) is 0 Å². The number of halogens is 1. The van der Waals surface area contributed by atoms with E-state index in [-0.39, 0.29) is 12.6 Å². The normalized spacial score (nSPS) is 10.5. The van der Waals surface area contributed by atoms with E-state index in [4.69, 9.17) is 5.11 Å². The Morgan fingerprint density at radius 1 is 1.53 bits per heavy atom. The Hall–Kier alpha value is -1.33. The minimum Gasteiger partial charge on any atom is -0.395 e. The number of nitrogens with zero attached hydrogens (tertiary/aromatic N) is 1. The summed E-state index contributed by atoms with van der Waals surface area (Å²) in [5.41, 5.74) is 0.984. The van der Waals surface area contributed by atoms with Gasteiger partial charge in [-0.15, -0.1) is 0 Å². The fraction of sp³-hybridized carbons (Fsp3) is 0.250. The summed E-state index contributed by atoms with van der Waals surface area (Å²) in [7, 11) is 1.62. The fourth-order valence-electron chi connectivity index (χ4n) is 1.17. The van der Waals surface area contributed by atoms with Gasteiger partial charge in [-0.1, -0.05) is 34.1 Å². The van der Waals surface area contributed by atoms with E-state index < -0.39 is 0 Å². The van der Waals surface area contributed by atoms with Gasteiger partial charge in [0.05, 0.1) is 6.61 Å². The molecule has 92 valence electrons. The number of hydrogen-bond acceptors (Lipinski definition) is 2. The van der Waals surface area contributed by atoms with Gasteiger partial charge >= 0.3 is 6.03 Å². The second kappa shape index (κ2) is 7.09. The maximum Gasteiger partial charge on any atom is 0.321 e. The average Bonchev–Trinajstić information content (AvgIpc) is 2.31. The molecule has 0 aliphatic carbocycles. The lowest BCUT2D eigenvalue weighted by Crippen LogP contribution is -2.36. The first kappa shape index (κ1) is 13.7. The highest BCUT2D eigenvalue weighted by atomic mass is 79.9. The molecule has 2 N–H and O–H groups in total. The van der Waals surface area contributed by atoms with Crippen LogP contribution >= 0.6 is 15.9 Å². The summed E-state index contributed by atoms with van der Waals surface area (Å²) < 4.78 is 0.967. The van der Waals surface area contributed by atoms with E-state index in [9.17, 15) is 4.79 Å². The zero-order valence-corrected chi connectivity index (χ0v) is 11.1. The third-order valence-electron chi connectivity index (χ3n) is 2.16. The summed E-state index contributed by atoms with van der Waals surface area (Å²) in [5, 5.41) is 11.3. The standard InChI is InChI=1S/C12H15BrN2O2/c1-15(8-9-16)12(17)14-7-6-10-4-2-3-5-11(10)13/h2-7,16H,8-9H2,1H3,(H,14,17)/b7-6+. The zero-order valence-electron chi connectivity index (χ0n) is 9.56. The highest BCUT2D eigenvalue weighted by molar-refractivity contribution is 9.10. The third-order valence-corrected chi connectivity index (χ3v) is 2.88. The number of benzene rings is 1. The number of aliphatic hydroxyl groups is 1. The Bertz CT molecular complexity index is 407. The number of likely N-dealkylation sites (N-methyl/N-ethyl adjacent to an activating group) is 1. The molecule has 4 nitrogen and oxygen atoms in total. The van der Waals surface area contributed by atoms with Crippen LogP contribution in [0, 0.1) is 0 Å². The highest BCUT2D eigenvalue weighted by Crippen LogP contribution is 2.16. The van der Waals surface area contributed by atoms with Crippen LogP contribution in [-0.4, -0.2) is 36.2 Å². The van der Waals surface area contributed by atoms with E-state index in [0.717, 1.165) is 10.0 Å². The molecule has 2 amide bonds. The van der Waals surface area contributed by atoms with Crippen LogP contribution in [0.4, 0.5) is 4.79 Å². The molecular weight excluding hydrogens is 284 g/mol. The van der Waals surface area contributed by atoms with Gasteiger partial charge < -0.3 is 15.3 Å². The largest absolute Gasteiger partial charge is 0.395 e. The van der Waals surface area contributed by atoms with Gasteiger partial charge in [-0.05, 0) is 17.7 Å². The molecule has 0 unspecified atom stereocenters. The molecule has 0 bridgehead atoms. The van der Waals surface area contributed by atoms with Crippen molar-refractivity contribution in [1.29, 1.82) is 0 Å². The number of urea groups is 1. The number of carbonyl (C=O) groups is 1. The molecule has 0 atom stereocenters. The Morgan fingerprint density at radius 3 is 2.88 bits per heavy atom. The van der Waals surface area contributed by atoms with Crippen LogP contribution in [0.3, 0.4) is 0 Å². The van der Waals surface area contributed by atoms with E-state index in [1.165, 1.54) is 4.90 Å². The summed E-state index contributed by atoms with van der Waals surface area (Å²) in [5.74, 6) is 0. The molecule has 0 radical (unpaired) electrons. The molecule has 17 heavy (non-hydrogen) atoms. The molecule has 0 saturated heterocycles. The van der Waals surface area contributed by atoms with Crippen LogP contribution in [-0.2, 0) is 0 Å². The van der Waals surface area contributed by atoms with Crippen LogP contribution in [0.15, 0.2) is 34.9 Å². The number of amides is 2. The molecule has 1 rings (SSSR count). The minimum absolute atomic E-state index is 0.0438. The first-order valence-corrected chi connectivity index (χ1v) is 5.98. The zero-order chi connectivity index (χ0) is 12.7. The Balaban J connectivity index is 2.51. The summed E-state index contributed by atoms with van der Waals surface area (Å²) in [6.07, 6.45) is 3.38. The number of aliphatic hydroxyl groups excluding tert-OH is 1. The Labute approximate surface area is 109 Å². The summed E-state index contributed by atoms with van der Waals surface area (Å²) in [6, 6.07) is 7.46. The molecular formula is C12H15BrN2O2. The van der Waals surface area contributed by atoms with E-state index in [1.807, 2.05) is 24.3 Å². The van der Waals surface area contributed by atoms with Crippen molar-refractivity contribution in [3.05, 3.63) is 40.5 Å². The molecule has 0 saturated carbocycles. The molecule has 5 heteroatoms. The molecule has 0 spiro atoms. The smallest absolute Gasteiger partial charge is 0.321 e. The van der Waals surface area contributed by atoms with Gasteiger partial charge in [-0.25, -0.2) is 4.79 Å². The van der Waals surface area contributed by atoms with Gasteiger partial charge in [0, 0.05) is 24.3 Å². The maximum absolute atomic E-state index is 11.4. The van der Waals surface area contributed by atoms with Crippen LogP contribution in [0.2, 0.25) is 0 Å². The molecule has 0 heterocycles. The predicted octanol–water partition coefficient (Wildman–Crippen LogP) is 2.05. The number of carbonyl (C=O) groups excluding carboxylic acids is 1.